The number of hydrogen-bond acceptors (Lipinski definition) is 0. The maximum atomic E-state index is 2.45. The van der Waals surface area contributed by atoms with Gasteiger partial charge in [-0.05, 0) is 62.6 Å². The zero-order valence-corrected chi connectivity index (χ0v) is 19.1. The average Bonchev–Trinajstić information content (AvgIpc) is 3.06. The van der Waals surface area contributed by atoms with Crippen LogP contribution in [0.1, 0.15) is 101 Å². The third kappa shape index (κ3) is 4.12. The quantitative estimate of drug-likeness (QED) is 0.492. The topological polar surface area (TPSA) is 0 Å². The van der Waals surface area contributed by atoms with Crippen molar-refractivity contribution in [3.8, 4) is 11.1 Å². The molecule has 3 rings (SSSR count). The molecule has 0 unspecified atom stereocenters. The molecule has 0 fully saturated rings. The number of aryl methyl sites for hydroxylation is 1. The molecule has 0 amide bonds. The van der Waals surface area contributed by atoms with Gasteiger partial charge < -0.3 is 0 Å². The first kappa shape index (κ1) is 20.9. The number of benzene rings is 2. The molecule has 0 saturated heterocycles. The average molecular weight is 374 g/mol. The summed E-state index contributed by atoms with van der Waals surface area (Å²) in [6, 6.07) is 12.0. The smallest absolute Gasteiger partial charge is 0.0170 e. The highest BCUT2D eigenvalue weighted by Gasteiger charge is 2.26. The van der Waals surface area contributed by atoms with Crippen LogP contribution in [-0.2, 0) is 6.42 Å². The molecule has 0 atom stereocenters. The summed E-state index contributed by atoms with van der Waals surface area (Å²) in [6.45, 7) is 18.4. The van der Waals surface area contributed by atoms with E-state index in [1.54, 1.807) is 0 Å². The van der Waals surface area contributed by atoms with E-state index in [2.05, 4.69) is 98.2 Å². The van der Waals surface area contributed by atoms with Gasteiger partial charge in [-0.15, -0.1) is 0 Å². The number of rotatable bonds is 5. The van der Waals surface area contributed by atoms with E-state index in [1.807, 2.05) is 0 Å². The standard InChI is InChI=1S/C28H37/c1-9-10-20-11-12-21-16-25(28(6,7)8)17-26(21)27(20)24-14-22(18(2)3)13-23(15-24)19(4)5/h11-19H,9-10H2,1-8H3. The van der Waals surface area contributed by atoms with E-state index in [1.165, 1.54) is 50.9 Å². The van der Waals surface area contributed by atoms with Gasteiger partial charge >= 0.3 is 0 Å². The predicted molar refractivity (Wildman–Crippen MR) is 125 cm³/mol. The van der Waals surface area contributed by atoms with Gasteiger partial charge in [0.15, 0.2) is 0 Å². The number of fused-ring (bicyclic) bond motifs is 1. The van der Waals surface area contributed by atoms with Crippen molar-refractivity contribution in [1.82, 2.24) is 0 Å². The SMILES string of the molecule is CCCc1ccc2c(c1-c1cc(C(C)C)cc(C(C)C)c1)C=C(C(C)(C)C)[CH]2. The molecule has 0 aliphatic heterocycles. The van der Waals surface area contributed by atoms with Gasteiger partial charge in [-0.2, -0.15) is 0 Å². The molecule has 2 aromatic rings. The van der Waals surface area contributed by atoms with Crippen LogP contribution < -0.4 is 0 Å². The van der Waals surface area contributed by atoms with Gasteiger partial charge in [-0.3, -0.25) is 0 Å². The van der Waals surface area contributed by atoms with Crippen molar-refractivity contribution >= 4 is 6.08 Å². The Kier molecular flexibility index (Phi) is 5.89. The molecule has 0 heterocycles. The molecule has 28 heavy (non-hydrogen) atoms. The fourth-order valence-electron chi connectivity index (χ4n) is 4.07. The molecule has 2 aromatic carbocycles. The second kappa shape index (κ2) is 7.90. The zero-order chi connectivity index (χ0) is 20.6. The largest absolute Gasteiger partial charge is 0.0651 e. The molecular formula is C28H37. The lowest BCUT2D eigenvalue weighted by molar-refractivity contribution is 0.516. The highest BCUT2D eigenvalue weighted by atomic mass is 14.3. The highest BCUT2D eigenvalue weighted by molar-refractivity contribution is 5.86. The lowest BCUT2D eigenvalue weighted by atomic mass is 9.85. The minimum Gasteiger partial charge on any atom is -0.0651 e. The Morgan fingerprint density at radius 3 is 1.96 bits per heavy atom. The molecule has 1 aliphatic carbocycles. The van der Waals surface area contributed by atoms with E-state index in [4.69, 9.17) is 0 Å². The van der Waals surface area contributed by atoms with Gasteiger partial charge in [0.05, 0.1) is 0 Å². The van der Waals surface area contributed by atoms with Crippen LogP contribution in [0.15, 0.2) is 35.9 Å². The third-order valence-electron chi connectivity index (χ3n) is 5.96. The molecule has 0 saturated carbocycles. The first-order valence-corrected chi connectivity index (χ1v) is 11.0. The molecule has 0 bridgehead atoms. The highest BCUT2D eigenvalue weighted by Crippen LogP contribution is 2.44. The van der Waals surface area contributed by atoms with Crippen LogP contribution in [0.5, 0.6) is 0 Å². The zero-order valence-electron chi connectivity index (χ0n) is 19.1. The lowest BCUT2D eigenvalue weighted by Gasteiger charge is -2.19. The van der Waals surface area contributed by atoms with E-state index in [9.17, 15) is 0 Å². The molecule has 0 heteroatoms. The first-order valence-electron chi connectivity index (χ1n) is 11.0. The summed E-state index contributed by atoms with van der Waals surface area (Å²) in [5.41, 5.74) is 11.6. The molecule has 0 spiro atoms. The summed E-state index contributed by atoms with van der Waals surface area (Å²) in [5.74, 6) is 1.08. The van der Waals surface area contributed by atoms with Crippen molar-refractivity contribution < 1.29 is 0 Å². The molecule has 1 aliphatic rings. The van der Waals surface area contributed by atoms with Gasteiger partial charge in [0, 0.05) is 6.42 Å². The van der Waals surface area contributed by atoms with Crippen molar-refractivity contribution in [3.05, 3.63) is 70.1 Å². The van der Waals surface area contributed by atoms with Crippen LogP contribution in [0.4, 0.5) is 0 Å². The van der Waals surface area contributed by atoms with Crippen LogP contribution in [0.25, 0.3) is 17.2 Å². The Morgan fingerprint density at radius 2 is 1.46 bits per heavy atom. The minimum atomic E-state index is 0.171. The summed E-state index contributed by atoms with van der Waals surface area (Å²) in [4.78, 5) is 0. The normalized spacial score (nSPS) is 14.0. The van der Waals surface area contributed by atoms with E-state index in [0.717, 1.165) is 6.42 Å². The van der Waals surface area contributed by atoms with E-state index in [-0.39, 0.29) is 5.41 Å². The van der Waals surface area contributed by atoms with Crippen molar-refractivity contribution in [2.24, 2.45) is 5.41 Å². The summed E-state index contributed by atoms with van der Waals surface area (Å²) < 4.78 is 0. The second-order valence-corrected chi connectivity index (χ2v) is 10.0. The van der Waals surface area contributed by atoms with Crippen LogP contribution in [0.3, 0.4) is 0 Å². The molecule has 0 nitrogen and oxygen atoms in total. The van der Waals surface area contributed by atoms with Crippen LogP contribution in [0, 0.1) is 11.8 Å². The Bertz CT molecular complexity index is 859. The number of hydrogen-bond donors (Lipinski definition) is 0. The van der Waals surface area contributed by atoms with Gasteiger partial charge in [0.2, 0.25) is 0 Å². The lowest BCUT2D eigenvalue weighted by Crippen LogP contribution is -2.07. The number of allylic oxidation sites excluding steroid dienone is 1. The molecule has 0 N–H and O–H groups in total. The van der Waals surface area contributed by atoms with Crippen LogP contribution >= 0.6 is 0 Å². The van der Waals surface area contributed by atoms with Crippen molar-refractivity contribution in [2.75, 3.05) is 0 Å². The van der Waals surface area contributed by atoms with Gasteiger partial charge in [0.25, 0.3) is 0 Å². The predicted octanol–water partition coefficient (Wildman–Crippen LogP) is 8.55. The molecule has 1 radical (unpaired) electrons. The monoisotopic (exact) mass is 373 g/mol. The van der Waals surface area contributed by atoms with Crippen molar-refractivity contribution in [3.63, 3.8) is 0 Å². The van der Waals surface area contributed by atoms with Gasteiger partial charge in [0.1, 0.15) is 0 Å². The third-order valence-corrected chi connectivity index (χ3v) is 5.96. The fraction of sp³-hybridized carbons (Fsp3) is 0.464. The van der Waals surface area contributed by atoms with Crippen LogP contribution in [0.2, 0.25) is 0 Å². The van der Waals surface area contributed by atoms with E-state index >= 15 is 0 Å². The molecular weight excluding hydrogens is 336 g/mol. The fourth-order valence-corrected chi connectivity index (χ4v) is 4.07. The van der Waals surface area contributed by atoms with Crippen molar-refractivity contribution in [2.45, 2.75) is 80.1 Å². The van der Waals surface area contributed by atoms with Gasteiger partial charge in [-0.1, -0.05) is 104 Å². The maximum absolute atomic E-state index is 2.45. The second-order valence-electron chi connectivity index (χ2n) is 10.0. The summed E-state index contributed by atoms with van der Waals surface area (Å²) in [6.07, 6.45) is 7.14. The molecule has 149 valence electrons. The Balaban J connectivity index is 2.27. The minimum absolute atomic E-state index is 0.171. The summed E-state index contributed by atoms with van der Waals surface area (Å²) >= 11 is 0. The Labute approximate surface area is 173 Å². The van der Waals surface area contributed by atoms with E-state index in [0.29, 0.717) is 11.8 Å². The molecule has 0 aromatic heterocycles. The first-order chi connectivity index (χ1) is 13.1. The summed E-state index contributed by atoms with van der Waals surface area (Å²) in [5, 5.41) is 0. The van der Waals surface area contributed by atoms with Crippen LogP contribution in [-0.4, -0.2) is 0 Å². The van der Waals surface area contributed by atoms with E-state index < -0.39 is 0 Å². The Morgan fingerprint density at radius 1 is 0.857 bits per heavy atom. The Hall–Kier alpha value is -1.82. The summed E-state index contributed by atoms with van der Waals surface area (Å²) in [7, 11) is 0. The van der Waals surface area contributed by atoms with Gasteiger partial charge in [-0.25, -0.2) is 0 Å². The van der Waals surface area contributed by atoms with Crippen molar-refractivity contribution in [1.29, 1.82) is 0 Å². The maximum Gasteiger partial charge on any atom is 0.0170 e.